The molecule has 0 saturated carbocycles. The normalized spacial score (nSPS) is 16.4. The molecule has 3 rings (SSSR count). The van der Waals surface area contributed by atoms with Gasteiger partial charge in [-0.05, 0) is 49.2 Å². The number of aryl methyl sites for hydroxylation is 2. The van der Waals surface area contributed by atoms with Gasteiger partial charge in [-0.2, -0.15) is 4.31 Å². The number of nitrogens with zero attached hydrogens (tertiary/aromatic N) is 1. The third-order valence-corrected chi connectivity index (χ3v) is 6.99. The highest BCUT2D eigenvalue weighted by Gasteiger charge is 2.30. The zero-order valence-electron chi connectivity index (χ0n) is 15.7. The van der Waals surface area contributed by atoms with E-state index in [1.807, 2.05) is 19.9 Å². The molecule has 1 aliphatic heterocycles. The Morgan fingerprint density at radius 3 is 2.44 bits per heavy atom. The van der Waals surface area contributed by atoms with Crippen molar-refractivity contribution < 1.29 is 22.4 Å². The van der Waals surface area contributed by atoms with Crippen LogP contribution in [0.5, 0.6) is 5.75 Å². The number of sulfonamides is 1. The molecule has 2 aromatic rings. The number of piperazine rings is 1. The Balaban J connectivity index is 1.52. The first kappa shape index (κ1) is 19.8. The van der Waals surface area contributed by atoms with Crippen LogP contribution in [-0.4, -0.2) is 52.1 Å². The van der Waals surface area contributed by atoms with Crippen LogP contribution in [0.3, 0.4) is 0 Å². The Morgan fingerprint density at radius 1 is 1.07 bits per heavy atom. The van der Waals surface area contributed by atoms with E-state index in [9.17, 15) is 12.8 Å². The zero-order valence-corrected chi connectivity index (χ0v) is 16.6. The number of hydrogen-bond donors (Lipinski definition) is 1. The molecule has 1 heterocycles. The average Bonchev–Trinajstić information content (AvgIpc) is 2.66. The molecule has 146 valence electrons. The lowest BCUT2D eigenvalue weighted by Crippen LogP contribution is -3.15. The van der Waals surface area contributed by atoms with Crippen LogP contribution < -0.4 is 9.64 Å². The number of hydrogen-bond acceptors (Lipinski definition) is 3. The highest BCUT2D eigenvalue weighted by molar-refractivity contribution is 7.89. The van der Waals surface area contributed by atoms with Gasteiger partial charge in [0.2, 0.25) is 10.0 Å². The molecule has 0 radical (unpaired) electrons. The lowest BCUT2D eigenvalue weighted by Gasteiger charge is -2.31. The lowest BCUT2D eigenvalue weighted by molar-refractivity contribution is -0.903. The number of rotatable bonds is 6. The van der Waals surface area contributed by atoms with E-state index in [4.69, 9.17) is 4.74 Å². The second kappa shape index (κ2) is 8.37. The molecule has 0 unspecified atom stereocenters. The van der Waals surface area contributed by atoms with Gasteiger partial charge in [-0.15, -0.1) is 0 Å². The van der Waals surface area contributed by atoms with Gasteiger partial charge in [-0.25, -0.2) is 12.8 Å². The summed E-state index contributed by atoms with van der Waals surface area (Å²) in [5.74, 6) is -0.107. The van der Waals surface area contributed by atoms with Crippen molar-refractivity contribution in [2.75, 3.05) is 39.3 Å². The Bertz CT molecular complexity index is 894. The van der Waals surface area contributed by atoms with Crippen molar-refractivity contribution in [3.8, 4) is 5.75 Å². The van der Waals surface area contributed by atoms with Crippen molar-refractivity contribution in [2.24, 2.45) is 0 Å². The SMILES string of the molecule is Cc1ccc(S(=O)(=O)N2CC[NH+](CCOc3ccccc3F)CC2)cc1C. The molecule has 7 heteroatoms. The van der Waals surface area contributed by atoms with Crippen molar-refractivity contribution in [2.45, 2.75) is 18.7 Å². The van der Waals surface area contributed by atoms with Crippen LogP contribution in [-0.2, 0) is 10.0 Å². The van der Waals surface area contributed by atoms with Gasteiger partial charge in [0.05, 0.1) is 31.1 Å². The predicted molar refractivity (Wildman–Crippen MR) is 102 cm³/mol. The summed E-state index contributed by atoms with van der Waals surface area (Å²) in [5.41, 5.74) is 2.06. The molecule has 0 aromatic heterocycles. The molecule has 5 nitrogen and oxygen atoms in total. The zero-order chi connectivity index (χ0) is 19.4. The maximum Gasteiger partial charge on any atom is 0.243 e. The average molecular weight is 394 g/mol. The number of quaternary nitrogens is 1. The molecule has 0 spiro atoms. The van der Waals surface area contributed by atoms with Crippen LogP contribution in [0.4, 0.5) is 4.39 Å². The van der Waals surface area contributed by atoms with Gasteiger partial charge in [-0.3, -0.25) is 0 Å². The molecule has 1 N–H and O–H groups in total. The molecular weight excluding hydrogens is 367 g/mol. The van der Waals surface area contributed by atoms with Gasteiger partial charge in [0, 0.05) is 0 Å². The number of halogens is 1. The summed E-state index contributed by atoms with van der Waals surface area (Å²) in [5, 5.41) is 0. The van der Waals surface area contributed by atoms with Crippen LogP contribution in [0.25, 0.3) is 0 Å². The van der Waals surface area contributed by atoms with Gasteiger partial charge in [0.15, 0.2) is 11.6 Å². The molecule has 27 heavy (non-hydrogen) atoms. The van der Waals surface area contributed by atoms with E-state index < -0.39 is 10.0 Å². The van der Waals surface area contributed by atoms with Crippen molar-refractivity contribution in [1.29, 1.82) is 0 Å². The highest BCUT2D eigenvalue weighted by atomic mass is 32.2. The Morgan fingerprint density at radius 2 is 1.78 bits per heavy atom. The van der Waals surface area contributed by atoms with Gasteiger partial charge < -0.3 is 9.64 Å². The first-order valence-electron chi connectivity index (χ1n) is 9.16. The molecule has 0 amide bonds. The predicted octanol–water partition coefficient (Wildman–Crippen LogP) is 1.41. The van der Waals surface area contributed by atoms with Crippen LogP contribution in [0, 0.1) is 19.7 Å². The maximum atomic E-state index is 13.5. The fraction of sp³-hybridized carbons (Fsp3) is 0.400. The topological polar surface area (TPSA) is 51.0 Å². The molecule has 1 aliphatic rings. The Hall–Kier alpha value is -1.96. The van der Waals surface area contributed by atoms with Crippen molar-refractivity contribution in [3.63, 3.8) is 0 Å². The molecule has 0 atom stereocenters. The van der Waals surface area contributed by atoms with Crippen molar-refractivity contribution in [1.82, 2.24) is 4.31 Å². The fourth-order valence-corrected chi connectivity index (χ4v) is 4.71. The van der Waals surface area contributed by atoms with Crippen LogP contribution in [0.15, 0.2) is 47.4 Å². The van der Waals surface area contributed by atoms with E-state index in [0.29, 0.717) is 44.2 Å². The van der Waals surface area contributed by atoms with E-state index >= 15 is 0 Å². The lowest BCUT2D eigenvalue weighted by atomic mass is 10.1. The largest absolute Gasteiger partial charge is 0.485 e. The first-order chi connectivity index (χ1) is 12.9. The van der Waals surface area contributed by atoms with Crippen LogP contribution in [0.2, 0.25) is 0 Å². The standard InChI is InChI=1S/C20H25FN2O3S/c1-16-7-8-18(15-17(16)2)27(24,25)23-11-9-22(10-12-23)13-14-26-20-6-4-3-5-19(20)21/h3-8,15H,9-14H2,1-2H3/p+1. The maximum absolute atomic E-state index is 13.5. The summed E-state index contributed by atoms with van der Waals surface area (Å²) in [7, 11) is -3.45. The van der Waals surface area contributed by atoms with Crippen LogP contribution >= 0.6 is 0 Å². The van der Waals surface area contributed by atoms with Crippen molar-refractivity contribution in [3.05, 3.63) is 59.4 Å². The van der Waals surface area contributed by atoms with Gasteiger partial charge in [0.25, 0.3) is 0 Å². The minimum Gasteiger partial charge on any atom is -0.485 e. The second-order valence-electron chi connectivity index (χ2n) is 6.93. The molecule has 2 aromatic carbocycles. The third kappa shape index (κ3) is 4.66. The second-order valence-corrected chi connectivity index (χ2v) is 8.87. The number of para-hydroxylation sites is 1. The van der Waals surface area contributed by atoms with Gasteiger partial charge in [-0.1, -0.05) is 18.2 Å². The number of benzene rings is 2. The van der Waals surface area contributed by atoms with E-state index in [2.05, 4.69) is 0 Å². The summed E-state index contributed by atoms with van der Waals surface area (Å²) in [6.07, 6.45) is 0. The molecular formula is C20H26FN2O3S+. The van der Waals surface area contributed by atoms with Crippen LogP contribution in [0.1, 0.15) is 11.1 Å². The Labute approximate surface area is 160 Å². The van der Waals surface area contributed by atoms with E-state index in [1.54, 1.807) is 34.6 Å². The molecule has 1 fully saturated rings. The van der Waals surface area contributed by atoms with E-state index in [0.717, 1.165) is 11.1 Å². The minimum atomic E-state index is -3.45. The summed E-state index contributed by atoms with van der Waals surface area (Å²) >= 11 is 0. The smallest absolute Gasteiger partial charge is 0.243 e. The highest BCUT2D eigenvalue weighted by Crippen LogP contribution is 2.19. The summed E-state index contributed by atoms with van der Waals surface area (Å²) in [6, 6.07) is 11.6. The Kier molecular flexibility index (Phi) is 6.14. The summed E-state index contributed by atoms with van der Waals surface area (Å²) < 4.78 is 46.3. The monoisotopic (exact) mass is 393 g/mol. The third-order valence-electron chi connectivity index (χ3n) is 5.10. The molecule has 0 bridgehead atoms. The number of nitrogens with one attached hydrogen (secondary N) is 1. The quantitative estimate of drug-likeness (QED) is 0.808. The molecule has 1 saturated heterocycles. The minimum absolute atomic E-state index is 0.257. The number of ether oxygens (including phenoxy) is 1. The summed E-state index contributed by atoms with van der Waals surface area (Å²) in [4.78, 5) is 1.62. The van der Waals surface area contributed by atoms with Gasteiger partial charge >= 0.3 is 0 Å². The van der Waals surface area contributed by atoms with E-state index in [-0.39, 0.29) is 11.6 Å². The van der Waals surface area contributed by atoms with Crippen molar-refractivity contribution >= 4 is 10.0 Å². The van der Waals surface area contributed by atoms with E-state index in [1.165, 1.54) is 11.0 Å². The summed E-state index contributed by atoms with van der Waals surface area (Å²) in [6.45, 7) is 7.39. The fourth-order valence-electron chi connectivity index (χ4n) is 3.18. The first-order valence-corrected chi connectivity index (χ1v) is 10.6. The molecule has 0 aliphatic carbocycles. The van der Waals surface area contributed by atoms with Gasteiger partial charge in [0.1, 0.15) is 13.2 Å².